The van der Waals surface area contributed by atoms with Gasteiger partial charge in [0.25, 0.3) is 0 Å². The van der Waals surface area contributed by atoms with Crippen molar-refractivity contribution in [2.24, 2.45) is 10.4 Å². The van der Waals surface area contributed by atoms with Gasteiger partial charge in [0.1, 0.15) is 5.82 Å². The second-order valence-electron chi connectivity index (χ2n) is 6.60. The van der Waals surface area contributed by atoms with Crippen LogP contribution in [-0.2, 0) is 17.9 Å². The molecule has 6 heteroatoms. The molecule has 1 aliphatic rings. The van der Waals surface area contributed by atoms with Gasteiger partial charge in [-0.15, -0.1) is 24.0 Å². The van der Waals surface area contributed by atoms with Gasteiger partial charge in [0.15, 0.2) is 5.96 Å². The van der Waals surface area contributed by atoms with E-state index in [1.54, 1.807) is 20.2 Å². The van der Waals surface area contributed by atoms with Crippen LogP contribution >= 0.6 is 24.0 Å². The Hall–Kier alpha value is -0.890. The summed E-state index contributed by atoms with van der Waals surface area (Å²) in [6.07, 6.45) is 1.17. The highest BCUT2D eigenvalue weighted by Crippen LogP contribution is 2.28. The zero-order valence-electron chi connectivity index (χ0n) is 14.4. The van der Waals surface area contributed by atoms with Crippen molar-refractivity contribution < 1.29 is 9.13 Å². The minimum absolute atomic E-state index is 0. The average molecular weight is 435 g/mol. The molecule has 0 unspecified atom stereocenters. The summed E-state index contributed by atoms with van der Waals surface area (Å²) in [4.78, 5) is 6.64. The summed E-state index contributed by atoms with van der Waals surface area (Å²) in [7, 11) is 3.37. The van der Waals surface area contributed by atoms with E-state index in [2.05, 4.69) is 29.1 Å². The van der Waals surface area contributed by atoms with E-state index in [-0.39, 0.29) is 36.4 Å². The zero-order valence-corrected chi connectivity index (χ0v) is 16.7. The number of ether oxygens (including phenoxy) is 1. The smallest absolute Gasteiger partial charge is 0.193 e. The van der Waals surface area contributed by atoms with E-state index >= 15 is 0 Å². The average Bonchev–Trinajstić information content (AvgIpc) is 2.83. The van der Waals surface area contributed by atoms with Gasteiger partial charge in [-0.05, 0) is 29.5 Å². The van der Waals surface area contributed by atoms with Gasteiger partial charge in [0.05, 0.1) is 6.61 Å². The molecular weight excluding hydrogens is 408 g/mol. The van der Waals surface area contributed by atoms with Gasteiger partial charge < -0.3 is 15.0 Å². The quantitative estimate of drug-likeness (QED) is 0.448. The van der Waals surface area contributed by atoms with Gasteiger partial charge in [0, 0.05) is 39.4 Å². The number of hydrogen-bond donors (Lipinski definition) is 1. The van der Waals surface area contributed by atoms with E-state index in [9.17, 15) is 4.39 Å². The summed E-state index contributed by atoms with van der Waals surface area (Å²) >= 11 is 0. The van der Waals surface area contributed by atoms with E-state index < -0.39 is 0 Å². The Morgan fingerprint density at radius 1 is 1.43 bits per heavy atom. The molecule has 1 aromatic carbocycles. The summed E-state index contributed by atoms with van der Waals surface area (Å²) in [5.41, 5.74) is 1.94. The molecule has 0 spiro atoms. The Morgan fingerprint density at radius 2 is 2.17 bits per heavy atom. The molecule has 0 aromatic heterocycles. The van der Waals surface area contributed by atoms with Gasteiger partial charge in [-0.1, -0.05) is 19.9 Å². The monoisotopic (exact) mass is 435 g/mol. The number of likely N-dealkylation sites (tertiary alicyclic amines) is 1. The molecule has 1 aliphatic heterocycles. The normalized spacial score (nSPS) is 17.1. The lowest BCUT2D eigenvalue weighted by atomic mass is 9.93. The Kier molecular flexibility index (Phi) is 7.73. The Morgan fingerprint density at radius 3 is 2.74 bits per heavy atom. The lowest BCUT2D eigenvalue weighted by molar-refractivity contribution is 0.181. The number of guanidine groups is 1. The molecule has 4 nitrogen and oxygen atoms in total. The standard InChI is InChI=1S/C17H26FN3O.HI/c1-17(2)7-8-21(12-17)16(19-3)20-10-13-5-6-15(18)14(9-13)11-22-4;/h5-6,9H,7-8,10-12H2,1-4H3,(H,19,20);1H. The number of hydrogen-bond acceptors (Lipinski definition) is 2. The van der Waals surface area contributed by atoms with Crippen LogP contribution in [0.4, 0.5) is 4.39 Å². The third-order valence-corrected chi connectivity index (χ3v) is 4.05. The number of methoxy groups -OCH3 is 1. The Balaban J connectivity index is 0.00000264. The number of nitrogens with zero attached hydrogens (tertiary/aromatic N) is 2. The van der Waals surface area contributed by atoms with Crippen LogP contribution < -0.4 is 5.32 Å². The zero-order chi connectivity index (χ0) is 16.2. The van der Waals surface area contributed by atoms with Crippen molar-refractivity contribution in [1.29, 1.82) is 0 Å². The molecule has 1 N–H and O–H groups in total. The predicted molar refractivity (Wildman–Crippen MR) is 103 cm³/mol. The molecule has 130 valence electrons. The second-order valence-corrected chi connectivity index (χ2v) is 6.60. The molecular formula is C17H27FIN3O. The van der Waals surface area contributed by atoms with Crippen LogP contribution in [0.3, 0.4) is 0 Å². The third kappa shape index (κ3) is 5.60. The second kappa shape index (κ2) is 8.82. The minimum Gasteiger partial charge on any atom is -0.380 e. The topological polar surface area (TPSA) is 36.9 Å². The van der Waals surface area contributed by atoms with Crippen molar-refractivity contribution >= 4 is 29.9 Å². The fourth-order valence-corrected chi connectivity index (χ4v) is 2.81. The molecule has 1 aromatic rings. The lowest BCUT2D eigenvalue weighted by Crippen LogP contribution is -2.40. The number of nitrogens with one attached hydrogen (secondary N) is 1. The molecule has 1 heterocycles. The fraction of sp³-hybridized carbons (Fsp3) is 0.588. The Labute approximate surface area is 155 Å². The van der Waals surface area contributed by atoms with Crippen LogP contribution in [0, 0.1) is 11.2 Å². The highest BCUT2D eigenvalue weighted by Gasteiger charge is 2.30. The van der Waals surface area contributed by atoms with E-state index in [0.29, 0.717) is 17.5 Å². The maximum absolute atomic E-state index is 13.6. The van der Waals surface area contributed by atoms with E-state index in [1.807, 2.05) is 6.07 Å². The predicted octanol–water partition coefficient (Wildman–Crippen LogP) is 3.40. The van der Waals surface area contributed by atoms with Gasteiger partial charge >= 0.3 is 0 Å². The highest BCUT2D eigenvalue weighted by atomic mass is 127. The first-order valence-electron chi connectivity index (χ1n) is 7.67. The Bertz CT molecular complexity index is 549. The van der Waals surface area contributed by atoms with Crippen LogP contribution in [0.1, 0.15) is 31.4 Å². The van der Waals surface area contributed by atoms with Gasteiger partial charge in [-0.25, -0.2) is 4.39 Å². The minimum atomic E-state index is -0.226. The first-order valence-corrected chi connectivity index (χ1v) is 7.67. The van der Waals surface area contributed by atoms with Crippen LogP contribution in [0.15, 0.2) is 23.2 Å². The van der Waals surface area contributed by atoms with Crippen LogP contribution in [0.2, 0.25) is 0 Å². The molecule has 0 aliphatic carbocycles. The van der Waals surface area contributed by atoms with Crippen molar-refractivity contribution in [3.63, 3.8) is 0 Å². The molecule has 0 atom stereocenters. The molecule has 23 heavy (non-hydrogen) atoms. The number of aliphatic imine (C=N–C) groups is 1. The van der Waals surface area contributed by atoms with Gasteiger partial charge in [-0.3, -0.25) is 4.99 Å². The van der Waals surface area contributed by atoms with Crippen LogP contribution in [0.5, 0.6) is 0 Å². The fourth-order valence-electron chi connectivity index (χ4n) is 2.81. The summed E-state index contributed by atoms with van der Waals surface area (Å²) in [5.74, 6) is 0.680. The molecule has 1 fully saturated rings. The van der Waals surface area contributed by atoms with E-state index in [0.717, 1.165) is 24.6 Å². The number of halogens is 2. The van der Waals surface area contributed by atoms with Crippen molar-refractivity contribution in [1.82, 2.24) is 10.2 Å². The van der Waals surface area contributed by atoms with E-state index in [4.69, 9.17) is 4.74 Å². The van der Waals surface area contributed by atoms with Crippen LogP contribution in [0.25, 0.3) is 0 Å². The first kappa shape index (κ1) is 20.2. The molecule has 2 rings (SSSR count). The van der Waals surface area contributed by atoms with E-state index in [1.165, 1.54) is 12.5 Å². The third-order valence-electron chi connectivity index (χ3n) is 4.05. The summed E-state index contributed by atoms with van der Waals surface area (Å²) in [6, 6.07) is 5.13. The molecule has 0 amide bonds. The van der Waals surface area contributed by atoms with Gasteiger partial charge in [0.2, 0.25) is 0 Å². The van der Waals surface area contributed by atoms with Gasteiger partial charge in [-0.2, -0.15) is 0 Å². The number of rotatable bonds is 4. The largest absolute Gasteiger partial charge is 0.380 e. The lowest BCUT2D eigenvalue weighted by Gasteiger charge is -2.23. The van der Waals surface area contributed by atoms with Crippen molar-refractivity contribution in [2.45, 2.75) is 33.4 Å². The number of benzene rings is 1. The van der Waals surface area contributed by atoms with Crippen molar-refractivity contribution in [3.05, 3.63) is 35.1 Å². The summed E-state index contributed by atoms with van der Waals surface area (Å²) in [5, 5.41) is 3.37. The summed E-state index contributed by atoms with van der Waals surface area (Å²) < 4.78 is 18.6. The summed E-state index contributed by atoms with van der Waals surface area (Å²) in [6.45, 7) is 7.49. The molecule has 1 saturated heterocycles. The maximum Gasteiger partial charge on any atom is 0.193 e. The first-order chi connectivity index (χ1) is 10.4. The highest BCUT2D eigenvalue weighted by molar-refractivity contribution is 14.0. The SMILES string of the molecule is CN=C(NCc1ccc(F)c(COC)c1)N1CCC(C)(C)C1.I. The molecule has 0 radical (unpaired) electrons. The maximum atomic E-state index is 13.6. The molecule has 0 saturated carbocycles. The molecule has 0 bridgehead atoms. The van der Waals surface area contributed by atoms with Crippen molar-refractivity contribution in [2.75, 3.05) is 27.2 Å². The van der Waals surface area contributed by atoms with Crippen LogP contribution in [-0.4, -0.2) is 38.1 Å². The van der Waals surface area contributed by atoms with Crippen molar-refractivity contribution in [3.8, 4) is 0 Å².